The molecular formula is C11H14BrN3O3. The summed E-state index contributed by atoms with van der Waals surface area (Å²) in [4.78, 5) is 21.8. The smallest absolute Gasteiger partial charge is 0.293 e. The van der Waals surface area contributed by atoms with E-state index in [1.807, 2.05) is 6.92 Å². The van der Waals surface area contributed by atoms with Crippen molar-refractivity contribution in [2.45, 2.75) is 13.3 Å². The summed E-state index contributed by atoms with van der Waals surface area (Å²) in [5, 5.41) is 16.3. The minimum atomic E-state index is -0.528. The predicted octanol–water partition coefficient (Wildman–Crippen LogP) is 2.30. The summed E-state index contributed by atoms with van der Waals surface area (Å²) in [6.45, 7) is 2.86. The standard InChI is InChI=1S/C11H14BrN3O3/c1-2-5-13-7-11(16)14-9-4-3-8(12)6-10(9)15(17)18/h3-4,6,13H,2,5,7H2,1H3,(H,14,16). The van der Waals surface area contributed by atoms with E-state index in [1.54, 1.807) is 6.07 Å². The number of rotatable bonds is 6. The Hall–Kier alpha value is -1.47. The number of nitro benzene ring substituents is 1. The van der Waals surface area contributed by atoms with Crippen LogP contribution in [-0.4, -0.2) is 23.9 Å². The number of nitro groups is 1. The number of nitrogens with zero attached hydrogens (tertiary/aromatic N) is 1. The molecule has 98 valence electrons. The minimum absolute atomic E-state index is 0.131. The lowest BCUT2D eigenvalue weighted by atomic mass is 10.2. The van der Waals surface area contributed by atoms with E-state index in [-0.39, 0.29) is 23.8 Å². The van der Waals surface area contributed by atoms with Gasteiger partial charge in [-0.05, 0) is 25.1 Å². The van der Waals surface area contributed by atoms with E-state index >= 15 is 0 Å². The van der Waals surface area contributed by atoms with Crippen LogP contribution >= 0.6 is 15.9 Å². The third-order valence-electron chi connectivity index (χ3n) is 2.14. The number of carbonyl (C=O) groups excluding carboxylic acids is 1. The van der Waals surface area contributed by atoms with Crippen molar-refractivity contribution >= 4 is 33.2 Å². The zero-order chi connectivity index (χ0) is 13.5. The van der Waals surface area contributed by atoms with Gasteiger partial charge in [-0.25, -0.2) is 0 Å². The third-order valence-corrected chi connectivity index (χ3v) is 2.64. The highest BCUT2D eigenvalue weighted by molar-refractivity contribution is 9.10. The van der Waals surface area contributed by atoms with Crippen LogP contribution in [0.5, 0.6) is 0 Å². The van der Waals surface area contributed by atoms with Gasteiger partial charge in [0.1, 0.15) is 5.69 Å². The van der Waals surface area contributed by atoms with Crippen LogP contribution in [0, 0.1) is 10.1 Å². The van der Waals surface area contributed by atoms with E-state index < -0.39 is 4.92 Å². The quantitative estimate of drug-likeness (QED) is 0.479. The maximum absolute atomic E-state index is 11.5. The Labute approximate surface area is 113 Å². The Morgan fingerprint density at radius 3 is 2.83 bits per heavy atom. The molecule has 6 nitrogen and oxygen atoms in total. The normalized spacial score (nSPS) is 10.1. The Morgan fingerprint density at radius 2 is 2.22 bits per heavy atom. The molecule has 0 unspecified atom stereocenters. The number of hydrogen-bond donors (Lipinski definition) is 2. The van der Waals surface area contributed by atoms with Crippen LogP contribution in [0.25, 0.3) is 0 Å². The molecule has 0 aliphatic carbocycles. The van der Waals surface area contributed by atoms with E-state index in [0.29, 0.717) is 4.47 Å². The summed E-state index contributed by atoms with van der Waals surface area (Å²) in [6.07, 6.45) is 0.922. The lowest BCUT2D eigenvalue weighted by Crippen LogP contribution is -2.28. The minimum Gasteiger partial charge on any atom is -0.319 e. The molecule has 0 heterocycles. The van der Waals surface area contributed by atoms with Crippen molar-refractivity contribution < 1.29 is 9.72 Å². The lowest BCUT2D eigenvalue weighted by Gasteiger charge is -2.07. The number of hydrogen-bond acceptors (Lipinski definition) is 4. The summed E-state index contributed by atoms with van der Waals surface area (Å²) in [5.41, 5.74) is 0.0692. The van der Waals surface area contributed by atoms with Crippen LogP contribution in [-0.2, 0) is 4.79 Å². The van der Waals surface area contributed by atoms with Gasteiger partial charge in [-0.1, -0.05) is 22.9 Å². The first-order valence-corrected chi connectivity index (χ1v) is 6.28. The van der Waals surface area contributed by atoms with Crippen molar-refractivity contribution in [2.75, 3.05) is 18.4 Å². The van der Waals surface area contributed by atoms with Crippen molar-refractivity contribution in [2.24, 2.45) is 0 Å². The number of amides is 1. The molecule has 0 saturated carbocycles. The molecule has 0 aromatic heterocycles. The topological polar surface area (TPSA) is 84.3 Å². The summed E-state index contributed by atoms with van der Waals surface area (Å²) >= 11 is 3.15. The molecule has 0 bridgehead atoms. The molecular weight excluding hydrogens is 302 g/mol. The third kappa shape index (κ3) is 4.42. The second-order valence-electron chi connectivity index (χ2n) is 3.64. The van der Waals surface area contributed by atoms with E-state index in [4.69, 9.17) is 0 Å². The predicted molar refractivity (Wildman–Crippen MR) is 72.6 cm³/mol. The molecule has 0 saturated heterocycles. The molecule has 1 aromatic carbocycles. The summed E-state index contributed by atoms with van der Waals surface area (Å²) < 4.78 is 0.594. The van der Waals surface area contributed by atoms with Crippen molar-refractivity contribution in [3.8, 4) is 0 Å². The number of carbonyl (C=O) groups is 1. The van der Waals surface area contributed by atoms with Crippen LogP contribution in [0.15, 0.2) is 22.7 Å². The fourth-order valence-electron chi connectivity index (χ4n) is 1.33. The number of nitrogens with one attached hydrogen (secondary N) is 2. The van der Waals surface area contributed by atoms with Crippen LogP contribution in [0.3, 0.4) is 0 Å². The number of benzene rings is 1. The Kier molecular flexibility index (Phi) is 5.73. The molecule has 0 aliphatic rings. The van der Waals surface area contributed by atoms with Crippen LogP contribution in [0.2, 0.25) is 0 Å². The Bertz CT molecular complexity index is 451. The molecule has 7 heteroatoms. The molecule has 0 atom stereocenters. The van der Waals surface area contributed by atoms with Crippen LogP contribution in [0.4, 0.5) is 11.4 Å². The molecule has 2 N–H and O–H groups in total. The van der Waals surface area contributed by atoms with Gasteiger partial charge in [0, 0.05) is 10.5 Å². The lowest BCUT2D eigenvalue weighted by molar-refractivity contribution is -0.384. The first kappa shape index (κ1) is 14.6. The fourth-order valence-corrected chi connectivity index (χ4v) is 1.68. The van der Waals surface area contributed by atoms with E-state index in [9.17, 15) is 14.9 Å². The fraction of sp³-hybridized carbons (Fsp3) is 0.364. The molecule has 18 heavy (non-hydrogen) atoms. The molecule has 1 aromatic rings. The zero-order valence-electron chi connectivity index (χ0n) is 9.90. The highest BCUT2D eigenvalue weighted by Gasteiger charge is 2.15. The first-order valence-electron chi connectivity index (χ1n) is 5.49. The monoisotopic (exact) mass is 315 g/mol. The van der Waals surface area contributed by atoms with Crippen molar-refractivity contribution in [1.29, 1.82) is 0 Å². The van der Waals surface area contributed by atoms with Gasteiger partial charge in [-0.2, -0.15) is 0 Å². The number of halogens is 1. The zero-order valence-corrected chi connectivity index (χ0v) is 11.5. The second kappa shape index (κ2) is 7.07. The van der Waals surface area contributed by atoms with Crippen LogP contribution in [0.1, 0.15) is 13.3 Å². The largest absolute Gasteiger partial charge is 0.319 e. The SMILES string of the molecule is CCCNCC(=O)Nc1ccc(Br)cc1[N+](=O)[O-]. The molecule has 0 radical (unpaired) electrons. The van der Waals surface area contributed by atoms with Crippen molar-refractivity contribution in [3.05, 3.63) is 32.8 Å². The van der Waals surface area contributed by atoms with E-state index in [1.165, 1.54) is 12.1 Å². The highest BCUT2D eigenvalue weighted by Crippen LogP contribution is 2.27. The van der Waals surface area contributed by atoms with Gasteiger partial charge < -0.3 is 10.6 Å². The number of anilines is 1. The maximum atomic E-state index is 11.5. The van der Waals surface area contributed by atoms with Crippen LogP contribution < -0.4 is 10.6 Å². The highest BCUT2D eigenvalue weighted by atomic mass is 79.9. The van der Waals surface area contributed by atoms with Gasteiger partial charge in [0.15, 0.2) is 0 Å². The molecule has 1 rings (SSSR count). The molecule has 0 fully saturated rings. The van der Waals surface area contributed by atoms with Gasteiger partial charge in [0.25, 0.3) is 5.69 Å². The maximum Gasteiger partial charge on any atom is 0.293 e. The Balaban J connectivity index is 2.72. The van der Waals surface area contributed by atoms with Gasteiger partial charge in [-0.3, -0.25) is 14.9 Å². The van der Waals surface area contributed by atoms with E-state index in [0.717, 1.165) is 13.0 Å². The summed E-state index contributed by atoms with van der Waals surface area (Å²) in [5.74, 6) is -0.297. The molecule has 0 aliphatic heterocycles. The van der Waals surface area contributed by atoms with E-state index in [2.05, 4.69) is 26.6 Å². The second-order valence-corrected chi connectivity index (χ2v) is 4.56. The average Bonchev–Trinajstić information content (AvgIpc) is 2.31. The van der Waals surface area contributed by atoms with Crippen molar-refractivity contribution in [3.63, 3.8) is 0 Å². The first-order chi connectivity index (χ1) is 8.54. The Morgan fingerprint density at radius 1 is 1.50 bits per heavy atom. The summed E-state index contributed by atoms with van der Waals surface area (Å²) in [7, 11) is 0. The van der Waals surface area contributed by atoms with Gasteiger partial charge in [0.2, 0.25) is 5.91 Å². The molecule has 1 amide bonds. The van der Waals surface area contributed by atoms with Gasteiger partial charge >= 0.3 is 0 Å². The van der Waals surface area contributed by atoms with Gasteiger partial charge in [-0.15, -0.1) is 0 Å². The molecule has 0 spiro atoms. The van der Waals surface area contributed by atoms with Gasteiger partial charge in [0.05, 0.1) is 11.5 Å². The summed E-state index contributed by atoms with van der Waals surface area (Å²) in [6, 6.07) is 4.50. The van der Waals surface area contributed by atoms with Crippen molar-refractivity contribution in [1.82, 2.24) is 5.32 Å². The average molecular weight is 316 g/mol.